The zero-order valence-corrected chi connectivity index (χ0v) is 23.7. The van der Waals surface area contributed by atoms with Gasteiger partial charge in [-0.3, -0.25) is 4.90 Å². The van der Waals surface area contributed by atoms with Gasteiger partial charge in [0.25, 0.3) is 0 Å². The van der Waals surface area contributed by atoms with Gasteiger partial charge in [-0.05, 0) is 43.0 Å². The number of aromatic nitrogens is 3. The van der Waals surface area contributed by atoms with Gasteiger partial charge in [0, 0.05) is 65.1 Å². The predicted octanol–water partition coefficient (Wildman–Crippen LogP) is 5.17. The average Bonchev–Trinajstić information content (AvgIpc) is 3.19. The normalized spacial score (nSPS) is 14.8. The SMILES string of the molecule is CCc1nc2c(C)cc(C)nc2n1Cc1ccc(/C=C/CN2CCN(CCCOC)CC2)cc1.Cl.Cl. The lowest BCUT2D eigenvalue weighted by atomic mass is 10.1. The second kappa shape index (κ2) is 14.7. The quantitative estimate of drug-likeness (QED) is 0.336. The van der Waals surface area contributed by atoms with Crippen molar-refractivity contribution in [3.8, 4) is 0 Å². The van der Waals surface area contributed by atoms with Crippen molar-refractivity contribution in [2.75, 3.05) is 53.0 Å². The molecule has 4 rings (SSSR count). The standard InChI is InChI=1S/C28H39N5O.2ClH/c1-5-26-30-27-22(2)20-23(3)29-28(27)33(26)21-25-11-9-24(10-12-25)8-6-13-31-15-17-32(18-16-31)14-7-19-34-4;;/h6,8-12,20H,5,7,13-19,21H2,1-4H3;2*1H/b8-6+;;. The van der Waals surface area contributed by atoms with E-state index in [4.69, 9.17) is 14.7 Å². The highest BCUT2D eigenvalue weighted by atomic mass is 35.5. The minimum atomic E-state index is 0. The number of halogens is 2. The molecule has 6 nitrogen and oxygen atoms in total. The molecule has 0 aliphatic carbocycles. The van der Waals surface area contributed by atoms with Gasteiger partial charge >= 0.3 is 0 Å². The lowest BCUT2D eigenvalue weighted by Gasteiger charge is -2.34. The van der Waals surface area contributed by atoms with Gasteiger partial charge in [-0.2, -0.15) is 0 Å². The van der Waals surface area contributed by atoms with Gasteiger partial charge in [0.1, 0.15) is 11.3 Å². The van der Waals surface area contributed by atoms with Crippen molar-refractivity contribution in [3.05, 3.63) is 64.6 Å². The lowest BCUT2D eigenvalue weighted by molar-refractivity contribution is 0.124. The molecule has 2 aromatic heterocycles. The van der Waals surface area contributed by atoms with E-state index in [1.807, 2.05) is 0 Å². The Kier molecular flexibility index (Phi) is 12.4. The molecule has 0 radical (unpaired) electrons. The van der Waals surface area contributed by atoms with Gasteiger partial charge in [-0.1, -0.05) is 43.3 Å². The van der Waals surface area contributed by atoms with Crippen LogP contribution in [-0.2, 0) is 17.7 Å². The van der Waals surface area contributed by atoms with E-state index < -0.39 is 0 Å². The molecular formula is C28H41Cl2N5O. The molecule has 0 bridgehead atoms. The van der Waals surface area contributed by atoms with Gasteiger partial charge in [-0.15, -0.1) is 24.8 Å². The summed E-state index contributed by atoms with van der Waals surface area (Å²) in [5.74, 6) is 1.10. The van der Waals surface area contributed by atoms with Crippen molar-refractivity contribution in [1.29, 1.82) is 0 Å². The lowest BCUT2D eigenvalue weighted by Crippen LogP contribution is -2.46. The Balaban J connectivity index is 0.00000228. The van der Waals surface area contributed by atoms with E-state index in [9.17, 15) is 0 Å². The van der Waals surface area contributed by atoms with Crippen molar-refractivity contribution in [3.63, 3.8) is 0 Å². The number of hydrogen-bond acceptors (Lipinski definition) is 5. The Morgan fingerprint density at radius 1 is 0.972 bits per heavy atom. The number of hydrogen-bond donors (Lipinski definition) is 0. The maximum absolute atomic E-state index is 5.17. The first-order valence-corrected chi connectivity index (χ1v) is 12.6. The molecule has 1 saturated heterocycles. The topological polar surface area (TPSA) is 46.4 Å². The number of imidazole rings is 1. The number of benzene rings is 1. The third kappa shape index (κ3) is 7.77. The number of methoxy groups -OCH3 is 1. The van der Waals surface area contributed by atoms with Crippen LogP contribution in [0.4, 0.5) is 0 Å². The highest BCUT2D eigenvalue weighted by Gasteiger charge is 2.15. The summed E-state index contributed by atoms with van der Waals surface area (Å²) in [7, 11) is 1.78. The van der Waals surface area contributed by atoms with Gasteiger partial charge in [0.05, 0.1) is 6.54 Å². The van der Waals surface area contributed by atoms with Gasteiger partial charge in [0.2, 0.25) is 0 Å². The molecule has 1 fully saturated rings. The fraction of sp³-hybridized carbons (Fsp3) is 0.500. The molecule has 1 aliphatic heterocycles. The van der Waals surface area contributed by atoms with Gasteiger partial charge in [-0.25, -0.2) is 9.97 Å². The molecule has 0 spiro atoms. The summed E-state index contributed by atoms with van der Waals surface area (Å²) < 4.78 is 7.44. The van der Waals surface area contributed by atoms with Crippen LogP contribution in [0.2, 0.25) is 0 Å². The first kappa shape index (κ1) is 30.3. The van der Waals surface area contributed by atoms with E-state index in [1.54, 1.807) is 7.11 Å². The van der Waals surface area contributed by atoms with Crippen molar-refractivity contribution >= 4 is 42.1 Å². The van der Waals surface area contributed by atoms with Crippen molar-refractivity contribution in [1.82, 2.24) is 24.3 Å². The molecule has 3 heterocycles. The molecule has 3 aromatic rings. The fourth-order valence-electron chi connectivity index (χ4n) is 4.77. The van der Waals surface area contributed by atoms with E-state index in [1.165, 1.54) is 16.7 Å². The molecule has 36 heavy (non-hydrogen) atoms. The largest absolute Gasteiger partial charge is 0.385 e. The third-order valence-corrected chi connectivity index (χ3v) is 6.70. The van der Waals surface area contributed by atoms with Crippen LogP contribution in [0.1, 0.15) is 41.6 Å². The van der Waals surface area contributed by atoms with E-state index in [0.717, 1.165) is 87.9 Å². The molecule has 198 valence electrons. The number of pyridine rings is 1. The van der Waals surface area contributed by atoms with Gasteiger partial charge in [0.15, 0.2) is 5.65 Å². The first-order valence-electron chi connectivity index (χ1n) is 12.6. The van der Waals surface area contributed by atoms with Crippen LogP contribution >= 0.6 is 24.8 Å². The Hall–Kier alpha value is -1.96. The van der Waals surface area contributed by atoms with Crippen molar-refractivity contribution in [2.24, 2.45) is 0 Å². The number of piperazine rings is 1. The molecule has 0 unspecified atom stereocenters. The average molecular weight is 535 g/mol. The van der Waals surface area contributed by atoms with E-state index >= 15 is 0 Å². The molecule has 0 amide bonds. The summed E-state index contributed by atoms with van der Waals surface area (Å²) in [5, 5.41) is 0. The maximum atomic E-state index is 5.17. The number of fused-ring (bicyclic) bond motifs is 1. The number of nitrogens with zero attached hydrogens (tertiary/aromatic N) is 5. The summed E-state index contributed by atoms with van der Waals surface area (Å²) in [6, 6.07) is 11.0. The van der Waals surface area contributed by atoms with Crippen LogP contribution in [0.3, 0.4) is 0 Å². The smallest absolute Gasteiger partial charge is 0.160 e. The van der Waals surface area contributed by atoms with Crippen LogP contribution < -0.4 is 0 Å². The maximum Gasteiger partial charge on any atom is 0.160 e. The summed E-state index contributed by atoms with van der Waals surface area (Å²) in [5.41, 5.74) is 6.79. The molecule has 8 heteroatoms. The van der Waals surface area contributed by atoms with Crippen LogP contribution in [0.25, 0.3) is 17.2 Å². The van der Waals surface area contributed by atoms with E-state index in [2.05, 4.69) is 77.6 Å². The highest BCUT2D eigenvalue weighted by Crippen LogP contribution is 2.21. The number of rotatable bonds is 10. The van der Waals surface area contributed by atoms with Crippen molar-refractivity contribution < 1.29 is 4.74 Å². The van der Waals surface area contributed by atoms with Crippen LogP contribution in [0.5, 0.6) is 0 Å². The molecule has 1 aliphatic rings. The summed E-state index contributed by atoms with van der Waals surface area (Å²) in [6.07, 6.45) is 6.56. The molecule has 0 atom stereocenters. The van der Waals surface area contributed by atoms with E-state index in [0.29, 0.717) is 0 Å². The summed E-state index contributed by atoms with van der Waals surface area (Å²) in [6.45, 7) is 14.7. The highest BCUT2D eigenvalue weighted by molar-refractivity contribution is 5.85. The molecule has 0 N–H and O–H groups in total. The van der Waals surface area contributed by atoms with E-state index in [-0.39, 0.29) is 24.8 Å². The monoisotopic (exact) mass is 533 g/mol. The minimum absolute atomic E-state index is 0. The fourth-order valence-corrected chi connectivity index (χ4v) is 4.77. The van der Waals surface area contributed by atoms with Crippen LogP contribution in [-0.4, -0.2) is 77.3 Å². The molecular weight excluding hydrogens is 493 g/mol. The number of aryl methyl sites for hydroxylation is 3. The summed E-state index contributed by atoms with van der Waals surface area (Å²) in [4.78, 5) is 14.8. The molecule has 0 saturated carbocycles. The summed E-state index contributed by atoms with van der Waals surface area (Å²) >= 11 is 0. The van der Waals surface area contributed by atoms with Gasteiger partial charge < -0.3 is 14.2 Å². The Bertz CT molecular complexity index is 1110. The second-order valence-corrected chi connectivity index (χ2v) is 9.35. The van der Waals surface area contributed by atoms with Crippen LogP contribution in [0, 0.1) is 13.8 Å². The molecule has 1 aromatic carbocycles. The van der Waals surface area contributed by atoms with Crippen LogP contribution in [0.15, 0.2) is 36.4 Å². The Labute approximate surface area is 228 Å². The first-order chi connectivity index (χ1) is 16.6. The van der Waals surface area contributed by atoms with Crippen molar-refractivity contribution in [2.45, 2.75) is 40.2 Å². The second-order valence-electron chi connectivity index (χ2n) is 9.35. The Morgan fingerprint density at radius 3 is 2.33 bits per heavy atom. The Morgan fingerprint density at radius 2 is 1.67 bits per heavy atom. The number of ether oxygens (including phenoxy) is 1. The minimum Gasteiger partial charge on any atom is -0.385 e. The third-order valence-electron chi connectivity index (χ3n) is 6.70. The zero-order valence-electron chi connectivity index (χ0n) is 22.1. The zero-order chi connectivity index (χ0) is 23.9. The predicted molar refractivity (Wildman–Crippen MR) is 155 cm³/mol.